The molecule has 0 saturated carbocycles. The molecule has 4 nitrogen and oxygen atoms in total. The minimum Gasteiger partial charge on any atom is -0.380 e. The van der Waals surface area contributed by atoms with Crippen LogP contribution in [0, 0.1) is 0 Å². The Hall–Kier alpha value is -1.95. The Morgan fingerprint density at radius 3 is 2.32 bits per heavy atom. The molecule has 0 spiro atoms. The van der Waals surface area contributed by atoms with Gasteiger partial charge in [-0.05, 0) is 22.8 Å². The van der Waals surface area contributed by atoms with Gasteiger partial charge in [-0.15, -0.1) is 0 Å². The van der Waals surface area contributed by atoms with Gasteiger partial charge >= 0.3 is 0 Å². The number of hydrogen-bond donors (Lipinski definition) is 1. The molecule has 0 bridgehead atoms. The Labute approximate surface area is 131 Å². The van der Waals surface area contributed by atoms with Crippen LogP contribution in [0.3, 0.4) is 0 Å². The summed E-state index contributed by atoms with van der Waals surface area (Å²) in [6.45, 7) is 0.693. The van der Waals surface area contributed by atoms with Gasteiger partial charge in [0.05, 0.1) is 6.61 Å². The normalized spacial score (nSPS) is 11.9. The van der Waals surface area contributed by atoms with Crippen molar-refractivity contribution in [1.82, 2.24) is 4.72 Å². The first-order valence-corrected chi connectivity index (χ1v) is 8.44. The fourth-order valence-electron chi connectivity index (χ4n) is 1.99. The summed E-state index contributed by atoms with van der Waals surface area (Å²) in [5, 5.41) is 1.18. The van der Waals surface area contributed by atoms with E-state index in [9.17, 15) is 8.42 Å². The number of hydrogen-bond acceptors (Lipinski definition) is 3. The standard InChI is InChI=1S/C17H19NO3S/c1-21-14-17-10-6-5-9-16(17)13-18-22(19,20)12-11-15-7-3-2-4-8-15/h2-12,18H,13-14H2,1H3/b12-11+. The second-order valence-corrected chi connectivity index (χ2v) is 6.43. The van der Waals surface area contributed by atoms with Crippen LogP contribution in [-0.2, 0) is 27.9 Å². The van der Waals surface area contributed by atoms with Crippen LogP contribution in [0.1, 0.15) is 16.7 Å². The van der Waals surface area contributed by atoms with Crippen LogP contribution in [-0.4, -0.2) is 15.5 Å². The summed E-state index contributed by atoms with van der Waals surface area (Å²) in [6, 6.07) is 16.9. The average Bonchev–Trinajstić information content (AvgIpc) is 2.54. The van der Waals surface area contributed by atoms with Crippen molar-refractivity contribution in [1.29, 1.82) is 0 Å². The summed E-state index contributed by atoms with van der Waals surface area (Å²) in [6.07, 6.45) is 1.57. The molecule has 2 aromatic rings. The monoisotopic (exact) mass is 317 g/mol. The molecule has 0 amide bonds. The molecule has 1 N–H and O–H groups in total. The molecular formula is C17H19NO3S. The Kier molecular flexibility index (Phi) is 5.89. The van der Waals surface area contributed by atoms with Gasteiger partial charge in [0, 0.05) is 19.1 Å². The lowest BCUT2D eigenvalue weighted by molar-refractivity contribution is 0.184. The third-order valence-electron chi connectivity index (χ3n) is 3.12. The van der Waals surface area contributed by atoms with Crippen molar-refractivity contribution in [3.63, 3.8) is 0 Å². The van der Waals surface area contributed by atoms with Crippen molar-refractivity contribution in [2.45, 2.75) is 13.2 Å². The van der Waals surface area contributed by atoms with E-state index in [0.717, 1.165) is 16.7 Å². The van der Waals surface area contributed by atoms with Gasteiger partial charge in [0.25, 0.3) is 0 Å². The lowest BCUT2D eigenvalue weighted by Gasteiger charge is -2.09. The molecule has 0 aliphatic heterocycles. The van der Waals surface area contributed by atoms with E-state index in [0.29, 0.717) is 6.61 Å². The van der Waals surface area contributed by atoms with Crippen molar-refractivity contribution in [2.24, 2.45) is 0 Å². The van der Waals surface area contributed by atoms with Crippen LogP contribution in [0.25, 0.3) is 6.08 Å². The summed E-state index contributed by atoms with van der Waals surface area (Å²) >= 11 is 0. The summed E-state index contributed by atoms with van der Waals surface area (Å²) in [4.78, 5) is 0. The van der Waals surface area contributed by atoms with Crippen LogP contribution < -0.4 is 4.72 Å². The molecule has 0 aliphatic rings. The number of methoxy groups -OCH3 is 1. The highest BCUT2D eigenvalue weighted by atomic mass is 32.2. The largest absolute Gasteiger partial charge is 0.380 e. The summed E-state index contributed by atoms with van der Waals surface area (Å²) in [7, 11) is -1.87. The zero-order valence-corrected chi connectivity index (χ0v) is 13.2. The van der Waals surface area contributed by atoms with Gasteiger partial charge < -0.3 is 4.74 Å². The van der Waals surface area contributed by atoms with Crippen molar-refractivity contribution >= 4 is 16.1 Å². The van der Waals surface area contributed by atoms with Crippen LogP contribution in [0.5, 0.6) is 0 Å². The Balaban J connectivity index is 2.03. The summed E-state index contributed by atoms with van der Waals surface area (Å²) in [5.41, 5.74) is 2.72. The smallest absolute Gasteiger partial charge is 0.234 e. The predicted octanol–water partition coefficient (Wildman–Crippen LogP) is 2.92. The topological polar surface area (TPSA) is 55.4 Å². The molecule has 0 heterocycles. The molecular weight excluding hydrogens is 298 g/mol. The molecule has 0 aliphatic carbocycles. The van der Waals surface area contributed by atoms with Gasteiger partial charge in [-0.3, -0.25) is 0 Å². The summed E-state index contributed by atoms with van der Waals surface area (Å²) < 4.78 is 31.7. The lowest BCUT2D eigenvalue weighted by atomic mass is 10.1. The zero-order valence-electron chi connectivity index (χ0n) is 12.4. The number of nitrogens with one attached hydrogen (secondary N) is 1. The van der Waals surface area contributed by atoms with E-state index in [4.69, 9.17) is 4.74 Å². The highest BCUT2D eigenvalue weighted by Crippen LogP contribution is 2.10. The predicted molar refractivity (Wildman–Crippen MR) is 88.4 cm³/mol. The van der Waals surface area contributed by atoms with E-state index >= 15 is 0 Å². The first kappa shape index (κ1) is 16.4. The Bertz CT molecular complexity index is 725. The Morgan fingerprint density at radius 1 is 1.00 bits per heavy atom. The van der Waals surface area contributed by atoms with Gasteiger partial charge in [0.1, 0.15) is 0 Å². The van der Waals surface area contributed by atoms with Gasteiger partial charge in [-0.2, -0.15) is 0 Å². The van der Waals surface area contributed by atoms with E-state index in [1.807, 2.05) is 54.6 Å². The van der Waals surface area contributed by atoms with Crippen LogP contribution >= 0.6 is 0 Å². The van der Waals surface area contributed by atoms with Crippen LogP contribution in [0.4, 0.5) is 0 Å². The van der Waals surface area contributed by atoms with Crippen LogP contribution in [0.15, 0.2) is 60.0 Å². The van der Waals surface area contributed by atoms with Crippen molar-refractivity contribution in [3.05, 3.63) is 76.7 Å². The average molecular weight is 317 g/mol. The minimum absolute atomic E-state index is 0.237. The van der Waals surface area contributed by atoms with Gasteiger partial charge in [0.2, 0.25) is 10.0 Å². The molecule has 0 aromatic heterocycles. The molecule has 5 heteroatoms. The number of sulfonamides is 1. The van der Waals surface area contributed by atoms with Crippen molar-refractivity contribution in [3.8, 4) is 0 Å². The Morgan fingerprint density at radius 2 is 1.64 bits per heavy atom. The van der Waals surface area contributed by atoms with Gasteiger partial charge in [-0.1, -0.05) is 54.6 Å². The highest BCUT2D eigenvalue weighted by molar-refractivity contribution is 7.92. The highest BCUT2D eigenvalue weighted by Gasteiger charge is 2.07. The SMILES string of the molecule is COCc1ccccc1CNS(=O)(=O)/C=C/c1ccccc1. The molecule has 0 saturated heterocycles. The number of rotatable bonds is 7. The van der Waals surface area contributed by atoms with E-state index in [1.165, 1.54) is 5.41 Å². The quantitative estimate of drug-likeness (QED) is 0.854. The molecule has 0 unspecified atom stereocenters. The molecule has 116 valence electrons. The molecule has 2 rings (SSSR count). The van der Waals surface area contributed by atoms with E-state index < -0.39 is 10.0 Å². The first-order valence-electron chi connectivity index (χ1n) is 6.89. The number of ether oxygens (including phenoxy) is 1. The third-order valence-corrected chi connectivity index (χ3v) is 4.16. The van der Waals surface area contributed by atoms with E-state index in [-0.39, 0.29) is 6.54 Å². The maximum Gasteiger partial charge on any atom is 0.234 e. The third kappa shape index (κ3) is 5.11. The second-order valence-electron chi connectivity index (χ2n) is 4.78. The molecule has 0 atom stereocenters. The van der Waals surface area contributed by atoms with E-state index in [1.54, 1.807) is 13.2 Å². The lowest BCUT2D eigenvalue weighted by Crippen LogP contribution is -2.21. The van der Waals surface area contributed by atoms with Crippen molar-refractivity contribution in [2.75, 3.05) is 7.11 Å². The van der Waals surface area contributed by atoms with Crippen LogP contribution in [0.2, 0.25) is 0 Å². The molecule has 22 heavy (non-hydrogen) atoms. The minimum atomic E-state index is -3.48. The fraction of sp³-hybridized carbons (Fsp3) is 0.176. The zero-order chi connectivity index (χ0) is 15.8. The molecule has 0 radical (unpaired) electrons. The molecule has 2 aromatic carbocycles. The number of benzene rings is 2. The fourth-order valence-corrected chi connectivity index (χ4v) is 2.77. The second kappa shape index (κ2) is 7.89. The van der Waals surface area contributed by atoms with Crippen molar-refractivity contribution < 1.29 is 13.2 Å². The van der Waals surface area contributed by atoms with Gasteiger partial charge in [-0.25, -0.2) is 13.1 Å². The van der Waals surface area contributed by atoms with Gasteiger partial charge in [0.15, 0.2) is 0 Å². The maximum absolute atomic E-state index is 12.0. The molecule has 0 fully saturated rings. The maximum atomic E-state index is 12.0. The summed E-state index contributed by atoms with van der Waals surface area (Å²) in [5.74, 6) is 0. The van der Waals surface area contributed by atoms with E-state index in [2.05, 4.69) is 4.72 Å². The first-order chi connectivity index (χ1) is 10.6.